The Kier molecular flexibility index (Phi) is 1.22. The standard InChI is InChI=1S/C9H9O2/c1-6-5-8-3-4-10-9(8)7(2)11-6/h3-5H,1-2H3/q+1. The Morgan fingerprint density at radius 2 is 2.18 bits per heavy atom. The highest BCUT2D eigenvalue weighted by molar-refractivity contribution is 5.78. The van der Waals surface area contributed by atoms with Crippen molar-refractivity contribution in [2.24, 2.45) is 0 Å². The van der Waals surface area contributed by atoms with Gasteiger partial charge in [0.15, 0.2) is 0 Å². The van der Waals surface area contributed by atoms with E-state index in [4.69, 9.17) is 8.83 Å². The fourth-order valence-corrected chi connectivity index (χ4v) is 1.26. The van der Waals surface area contributed by atoms with E-state index in [1.165, 1.54) is 0 Å². The highest BCUT2D eigenvalue weighted by atomic mass is 16.4. The molecule has 2 rings (SSSR count). The summed E-state index contributed by atoms with van der Waals surface area (Å²) in [4.78, 5) is 0. The van der Waals surface area contributed by atoms with Crippen LogP contribution in [0.5, 0.6) is 0 Å². The molecule has 0 bridgehead atoms. The molecule has 0 amide bonds. The van der Waals surface area contributed by atoms with Crippen molar-refractivity contribution in [2.45, 2.75) is 13.8 Å². The lowest BCUT2D eigenvalue weighted by Gasteiger charge is -1.83. The van der Waals surface area contributed by atoms with Crippen molar-refractivity contribution in [3.05, 3.63) is 29.9 Å². The van der Waals surface area contributed by atoms with Crippen LogP contribution in [-0.2, 0) is 0 Å². The van der Waals surface area contributed by atoms with Crippen LogP contribution in [0.1, 0.15) is 11.5 Å². The SMILES string of the molecule is Cc1cc2ccoc2c(C)[o+]1. The van der Waals surface area contributed by atoms with Crippen molar-refractivity contribution in [1.82, 2.24) is 0 Å². The molecule has 0 atom stereocenters. The number of hydrogen-bond acceptors (Lipinski definition) is 1. The predicted octanol–water partition coefficient (Wildman–Crippen LogP) is 2.92. The third kappa shape index (κ3) is 0.909. The van der Waals surface area contributed by atoms with E-state index in [9.17, 15) is 0 Å². The molecule has 0 aromatic carbocycles. The molecule has 0 N–H and O–H groups in total. The molecule has 11 heavy (non-hydrogen) atoms. The highest BCUT2D eigenvalue weighted by Crippen LogP contribution is 2.20. The molecule has 2 nitrogen and oxygen atoms in total. The summed E-state index contributed by atoms with van der Waals surface area (Å²) in [5.74, 6) is 1.75. The first-order valence-electron chi connectivity index (χ1n) is 3.55. The average Bonchev–Trinajstić information content (AvgIpc) is 2.34. The monoisotopic (exact) mass is 149 g/mol. The second-order valence-corrected chi connectivity index (χ2v) is 2.62. The van der Waals surface area contributed by atoms with Gasteiger partial charge in [0.25, 0.3) is 0 Å². The number of aryl methyl sites for hydroxylation is 2. The van der Waals surface area contributed by atoms with Crippen molar-refractivity contribution in [3.8, 4) is 0 Å². The molecule has 0 aliphatic heterocycles. The van der Waals surface area contributed by atoms with Gasteiger partial charge in [0.1, 0.15) is 0 Å². The van der Waals surface area contributed by atoms with Crippen molar-refractivity contribution >= 4 is 11.0 Å². The summed E-state index contributed by atoms with van der Waals surface area (Å²) >= 11 is 0. The van der Waals surface area contributed by atoms with Crippen LogP contribution in [0.4, 0.5) is 0 Å². The highest BCUT2D eigenvalue weighted by Gasteiger charge is 2.13. The molecule has 56 valence electrons. The lowest BCUT2D eigenvalue weighted by molar-refractivity contribution is 0.476. The maximum Gasteiger partial charge on any atom is 0.368 e. The molecular weight excluding hydrogens is 140 g/mol. The van der Waals surface area contributed by atoms with E-state index in [1.807, 2.05) is 26.0 Å². The van der Waals surface area contributed by atoms with E-state index in [2.05, 4.69) is 0 Å². The topological polar surface area (TPSA) is 24.4 Å². The zero-order valence-electron chi connectivity index (χ0n) is 6.55. The van der Waals surface area contributed by atoms with Crippen LogP contribution in [-0.4, -0.2) is 0 Å². The van der Waals surface area contributed by atoms with Gasteiger partial charge in [-0.15, -0.1) is 0 Å². The third-order valence-corrected chi connectivity index (χ3v) is 1.69. The second kappa shape index (κ2) is 2.09. The lowest BCUT2D eigenvalue weighted by Crippen LogP contribution is -1.76. The van der Waals surface area contributed by atoms with Crippen LogP contribution in [0, 0.1) is 13.8 Å². The zero-order chi connectivity index (χ0) is 7.84. The lowest BCUT2D eigenvalue weighted by atomic mass is 10.2. The summed E-state index contributed by atoms with van der Waals surface area (Å²) in [6.45, 7) is 3.83. The van der Waals surface area contributed by atoms with Crippen LogP contribution in [0.3, 0.4) is 0 Å². The quantitative estimate of drug-likeness (QED) is 0.538. The molecule has 0 fully saturated rings. The molecule has 0 saturated carbocycles. The summed E-state index contributed by atoms with van der Waals surface area (Å²) < 4.78 is 10.6. The minimum Gasteiger partial charge on any atom is -0.455 e. The largest absolute Gasteiger partial charge is 0.455 e. The van der Waals surface area contributed by atoms with E-state index in [-0.39, 0.29) is 0 Å². The van der Waals surface area contributed by atoms with Gasteiger partial charge in [-0.1, -0.05) is 0 Å². The maximum atomic E-state index is 5.35. The normalized spacial score (nSPS) is 10.7. The van der Waals surface area contributed by atoms with Gasteiger partial charge in [-0.2, -0.15) is 0 Å². The van der Waals surface area contributed by atoms with Crippen LogP contribution in [0.15, 0.2) is 27.2 Å². The summed E-state index contributed by atoms with van der Waals surface area (Å²) in [6.07, 6.45) is 1.67. The first-order valence-corrected chi connectivity index (χ1v) is 3.55. The van der Waals surface area contributed by atoms with Crippen LogP contribution in [0.2, 0.25) is 0 Å². The predicted molar refractivity (Wildman–Crippen MR) is 42.4 cm³/mol. The minimum atomic E-state index is 0.838. The minimum absolute atomic E-state index is 0.838. The summed E-state index contributed by atoms with van der Waals surface area (Å²) in [5.41, 5.74) is 0.843. The van der Waals surface area contributed by atoms with Crippen LogP contribution >= 0.6 is 0 Å². The zero-order valence-corrected chi connectivity index (χ0v) is 6.55. The summed E-state index contributed by atoms with van der Waals surface area (Å²) in [7, 11) is 0. The Morgan fingerprint density at radius 3 is 3.00 bits per heavy atom. The summed E-state index contributed by atoms with van der Waals surface area (Å²) in [6, 6.07) is 3.90. The average molecular weight is 149 g/mol. The molecule has 0 saturated heterocycles. The van der Waals surface area contributed by atoms with Crippen molar-refractivity contribution in [3.63, 3.8) is 0 Å². The van der Waals surface area contributed by atoms with E-state index in [1.54, 1.807) is 6.26 Å². The Balaban J connectivity index is 2.91. The summed E-state index contributed by atoms with van der Waals surface area (Å²) in [5, 5.41) is 1.10. The van der Waals surface area contributed by atoms with Crippen LogP contribution in [0.25, 0.3) is 11.0 Å². The van der Waals surface area contributed by atoms with Gasteiger partial charge in [-0.25, -0.2) is 4.42 Å². The Labute approximate surface area is 64.4 Å². The van der Waals surface area contributed by atoms with Gasteiger partial charge < -0.3 is 4.42 Å². The number of furan rings is 1. The number of rotatable bonds is 0. The molecule has 0 aliphatic rings. The van der Waals surface area contributed by atoms with Gasteiger partial charge in [0, 0.05) is 11.5 Å². The fraction of sp³-hybridized carbons (Fsp3) is 0.222. The Hall–Kier alpha value is -1.31. The third-order valence-electron chi connectivity index (χ3n) is 1.69. The smallest absolute Gasteiger partial charge is 0.368 e. The first kappa shape index (κ1) is 6.40. The van der Waals surface area contributed by atoms with Gasteiger partial charge in [0.05, 0.1) is 20.1 Å². The van der Waals surface area contributed by atoms with Gasteiger partial charge in [0.2, 0.25) is 5.58 Å². The van der Waals surface area contributed by atoms with Crippen LogP contribution < -0.4 is 0 Å². The molecule has 2 aromatic heterocycles. The van der Waals surface area contributed by atoms with Crippen molar-refractivity contribution < 1.29 is 8.83 Å². The maximum absolute atomic E-state index is 5.35. The van der Waals surface area contributed by atoms with E-state index in [0.29, 0.717) is 0 Å². The molecule has 0 spiro atoms. The van der Waals surface area contributed by atoms with E-state index in [0.717, 1.165) is 22.5 Å². The molecule has 0 radical (unpaired) electrons. The van der Waals surface area contributed by atoms with Crippen molar-refractivity contribution in [1.29, 1.82) is 0 Å². The van der Waals surface area contributed by atoms with E-state index >= 15 is 0 Å². The molecular formula is C9H9O2+. The molecule has 2 heterocycles. The molecule has 0 unspecified atom stereocenters. The van der Waals surface area contributed by atoms with Gasteiger partial charge in [-0.3, -0.25) is 0 Å². The number of hydrogen-bond donors (Lipinski definition) is 0. The van der Waals surface area contributed by atoms with Gasteiger partial charge in [-0.05, 0) is 6.07 Å². The molecule has 2 aromatic rings. The van der Waals surface area contributed by atoms with E-state index < -0.39 is 0 Å². The molecule has 0 aliphatic carbocycles. The first-order chi connectivity index (χ1) is 5.27. The number of fused-ring (bicyclic) bond motifs is 1. The second-order valence-electron chi connectivity index (χ2n) is 2.62. The fourth-order valence-electron chi connectivity index (χ4n) is 1.26. The van der Waals surface area contributed by atoms with Crippen molar-refractivity contribution in [2.75, 3.05) is 0 Å². The molecule has 2 heteroatoms. The Bertz CT molecular complexity index is 387. The Morgan fingerprint density at radius 1 is 1.36 bits per heavy atom. The van der Waals surface area contributed by atoms with Gasteiger partial charge >= 0.3 is 11.5 Å².